The Hall–Kier alpha value is -2.68. The van der Waals surface area contributed by atoms with Crippen molar-refractivity contribution in [3.05, 3.63) is 82.9 Å². The van der Waals surface area contributed by atoms with Crippen LogP contribution in [0.25, 0.3) is 16.9 Å². The monoisotopic (exact) mass is 360 g/mol. The van der Waals surface area contributed by atoms with E-state index in [1.54, 1.807) is 16.8 Å². The highest BCUT2D eigenvalue weighted by Crippen LogP contribution is 2.21. The summed E-state index contributed by atoms with van der Waals surface area (Å²) in [4.78, 5) is 17.3. The second-order valence-electron chi connectivity index (χ2n) is 6.98. The van der Waals surface area contributed by atoms with Gasteiger partial charge in [-0.2, -0.15) is 0 Å². The first-order valence-electron chi connectivity index (χ1n) is 10.0. The first-order valence-corrected chi connectivity index (χ1v) is 10.0. The number of unbranched alkanes of at least 4 members (excludes halogenated alkanes) is 5. The maximum atomic E-state index is 12.9. The van der Waals surface area contributed by atoms with Crippen LogP contribution < -0.4 is 5.56 Å². The normalized spacial score (nSPS) is 10.9. The van der Waals surface area contributed by atoms with E-state index in [9.17, 15) is 4.79 Å². The Morgan fingerprint density at radius 3 is 2.30 bits per heavy atom. The highest BCUT2D eigenvalue weighted by molar-refractivity contribution is 5.63. The molecule has 140 valence electrons. The SMILES string of the molecule is CCCCCCCCc1cc(-c2ccccc2)cc(=O)n1-c1ccccn1. The first kappa shape index (κ1) is 19.1. The van der Waals surface area contributed by atoms with Gasteiger partial charge >= 0.3 is 0 Å². The van der Waals surface area contributed by atoms with Crippen molar-refractivity contribution >= 4 is 0 Å². The lowest BCUT2D eigenvalue weighted by Crippen LogP contribution is -2.22. The third-order valence-electron chi connectivity index (χ3n) is 4.88. The van der Waals surface area contributed by atoms with Crippen molar-refractivity contribution in [2.24, 2.45) is 0 Å². The lowest BCUT2D eigenvalue weighted by atomic mass is 10.0. The molecule has 0 N–H and O–H groups in total. The van der Waals surface area contributed by atoms with Crippen molar-refractivity contribution in [2.45, 2.75) is 51.9 Å². The van der Waals surface area contributed by atoms with Gasteiger partial charge in [0.1, 0.15) is 5.82 Å². The fourth-order valence-electron chi connectivity index (χ4n) is 3.44. The van der Waals surface area contributed by atoms with Gasteiger partial charge in [0.25, 0.3) is 5.56 Å². The second kappa shape index (κ2) is 9.86. The Balaban J connectivity index is 1.89. The third kappa shape index (κ3) is 5.16. The van der Waals surface area contributed by atoms with Crippen molar-refractivity contribution in [3.8, 4) is 16.9 Å². The van der Waals surface area contributed by atoms with Crippen LogP contribution in [-0.4, -0.2) is 9.55 Å². The number of benzene rings is 1. The molecule has 2 heterocycles. The van der Waals surface area contributed by atoms with Crippen LogP contribution in [0.5, 0.6) is 0 Å². The first-order chi connectivity index (χ1) is 13.3. The Labute approximate surface area is 161 Å². The van der Waals surface area contributed by atoms with Gasteiger partial charge in [0.05, 0.1) is 0 Å². The van der Waals surface area contributed by atoms with E-state index in [0.717, 1.165) is 29.7 Å². The average Bonchev–Trinajstić information content (AvgIpc) is 2.71. The summed E-state index contributed by atoms with van der Waals surface area (Å²) in [5, 5.41) is 0. The largest absolute Gasteiger partial charge is 0.269 e. The molecular weight excluding hydrogens is 332 g/mol. The van der Waals surface area contributed by atoms with Gasteiger partial charge < -0.3 is 0 Å². The molecule has 0 amide bonds. The number of hydrogen-bond acceptors (Lipinski definition) is 2. The molecular formula is C24H28N2O. The highest BCUT2D eigenvalue weighted by atomic mass is 16.1. The molecule has 0 aliphatic heterocycles. The van der Waals surface area contributed by atoms with E-state index in [1.165, 1.54) is 32.1 Å². The summed E-state index contributed by atoms with van der Waals surface area (Å²) < 4.78 is 1.76. The topological polar surface area (TPSA) is 34.9 Å². The number of rotatable bonds is 9. The van der Waals surface area contributed by atoms with Gasteiger partial charge in [0.15, 0.2) is 0 Å². The predicted octanol–water partition coefficient (Wildman–Crippen LogP) is 5.80. The lowest BCUT2D eigenvalue weighted by Gasteiger charge is -2.14. The van der Waals surface area contributed by atoms with Crippen LogP contribution in [0.3, 0.4) is 0 Å². The minimum Gasteiger partial charge on any atom is -0.269 e. The fraction of sp³-hybridized carbons (Fsp3) is 0.333. The quantitative estimate of drug-likeness (QED) is 0.452. The van der Waals surface area contributed by atoms with E-state index in [4.69, 9.17) is 0 Å². The van der Waals surface area contributed by atoms with Crippen LogP contribution in [0.2, 0.25) is 0 Å². The molecule has 0 atom stereocenters. The van der Waals surface area contributed by atoms with E-state index >= 15 is 0 Å². The number of hydrogen-bond donors (Lipinski definition) is 0. The second-order valence-corrected chi connectivity index (χ2v) is 6.98. The molecule has 3 nitrogen and oxygen atoms in total. The molecule has 0 saturated heterocycles. The lowest BCUT2D eigenvalue weighted by molar-refractivity contribution is 0.600. The van der Waals surface area contributed by atoms with Gasteiger partial charge in [-0.15, -0.1) is 0 Å². The van der Waals surface area contributed by atoms with Crippen LogP contribution >= 0.6 is 0 Å². The molecule has 0 saturated carbocycles. The maximum absolute atomic E-state index is 12.9. The highest BCUT2D eigenvalue weighted by Gasteiger charge is 2.11. The van der Waals surface area contributed by atoms with Gasteiger partial charge in [-0.25, -0.2) is 4.98 Å². The molecule has 3 heteroatoms. The van der Waals surface area contributed by atoms with E-state index < -0.39 is 0 Å². The van der Waals surface area contributed by atoms with Crippen molar-refractivity contribution < 1.29 is 0 Å². The van der Waals surface area contributed by atoms with Crippen LogP contribution in [0.15, 0.2) is 71.7 Å². The fourth-order valence-corrected chi connectivity index (χ4v) is 3.44. The van der Waals surface area contributed by atoms with Crippen LogP contribution in [0.1, 0.15) is 51.1 Å². The number of pyridine rings is 2. The molecule has 1 aromatic carbocycles. The zero-order valence-electron chi connectivity index (χ0n) is 16.1. The van der Waals surface area contributed by atoms with Gasteiger partial charge in [-0.3, -0.25) is 9.36 Å². The summed E-state index contributed by atoms with van der Waals surface area (Å²) in [7, 11) is 0. The Bertz CT molecular complexity index is 885. The summed E-state index contributed by atoms with van der Waals surface area (Å²) in [6, 6.07) is 19.7. The van der Waals surface area contributed by atoms with E-state index in [2.05, 4.69) is 30.1 Å². The zero-order valence-corrected chi connectivity index (χ0v) is 16.1. The van der Waals surface area contributed by atoms with Gasteiger partial charge in [0, 0.05) is 18.0 Å². The molecule has 0 aliphatic carbocycles. The molecule has 2 aromatic heterocycles. The summed E-state index contributed by atoms with van der Waals surface area (Å²) >= 11 is 0. The van der Waals surface area contributed by atoms with Crippen molar-refractivity contribution in [2.75, 3.05) is 0 Å². The molecule has 0 aliphatic rings. The number of aryl methyl sites for hydroxylation is 1. The Morgan fingerprint density at radius 2 is 1.56 bits per heavy atom. The van der Waals surface area contributed by atoms with Gasteiger partial charge in [-0.05, 0) is 42.2 Å². The smallest absolute Gasteiger partial charge is 0.257 e. The molecule has 3 rings (SSSR count). The number of aromatic nitrogens is 2. The molecule has 0 fully saturated rings. The van der Waals surface area contributed by atoms with Crippen molar-refractivity contribution in [3.63, 3.8) is 0 Å². The number of nitrogens with zero attached hydrogens (tertiary/aromatic N) is 2. The van der Waals surface area contributed by atoms with Crippen LogP contribution in [0.4, 0.5) is 0 Å². The molecule has 3 aromatic rings. The summed E-state index contributed by atoms with van der Waals surface area (Å²) in [6.07, 6.45) is 10.0. The maximum Gasteiger partial charge on any atom is 0.257 e. The van der Waals surface area contributed by atoms with Crippen LogP contribution in [-0.2, 0) is 6.42 Å². The Kier molecular flexibility index (Phi) is 6.97. The molecule has 0 bridgehead atoms. The minimum absolute atomic E-state index is 0.0176. The van der Waals surface area contributed by atoms with Gasteiger partial charge in [-0.1, -0.05) is 75.4 Å². The minimum atomic E-state index is -0.0176. The zero-order chi connectivity index (χ0) is 18.9. The average molecular weight is 361 g/mol. The summed E-state index contributed by atoms with van der Waals surface area (Å²) in [6.45, 7) is 2.24. The van der Waals surface area contributed by atoms with Crippen molar-refractivity contribution in [1.29, 1.82) is 0 Å². The van der Waals surface area contributed by atoms with E-state index in [-0.39, 0.29) is 5.56 Å². The molecule has 0 radical (unpaired) electrons. The third-order valence-corrected chi connectivity index (χ3v) is 4.88. The standard InChI is InChI=1S/C24H28N2O/c1-2-3-4-5-6-10-15-22-18-21(20-13-8-7-9-14-20)19-24(27)26(22)23-16-11-12-17-25-23/h7-9,11-14,16-19H,2-6,10,15H2,1H3. The van der Waals surface area contributed by atoms with E-state index in [0.29, 0.717) is 5.82 Å². The molecule has 0 spiro atoms. The molecule has 27 heavy (non-hydrogen) atoms. The summed E-state index contributed by atoms with van der Waals surface area (Å²) in [5.74, 6) is 0.697. The molecule has 0 unspecified atom stereocenters. The Morgan fingerprint density at radius 1 is 0.815 bits per heavy atom. The van der Waals surface area contributed by atoms with E-state index in [1.807, 2.05) is 36.4 Å². The summed E-state index contributed by atoms with van der Waals surface area (Å²) in [5.41, 5.74) is 3.08. The van der Waals surface area contributed by atoms with Gasteiger partial charge in [0.2, 0.25) is 0 Å². The van der Waals surface area contributed by atoms with Crippen LogP contribution in [0, 0.1) is 0 Å². The van der Waals surface area contributed by atoms with Crippen molar-refractivity contribution in [1.82, 2.24) is 9.55 Å². The predicted molar refractivity (Wildman–Crippen MR) is 112 cm³/mol.